The van der Waals surface area contributed by atoms with Crippen molar-refractivity contribution in [2.75, 3.05) is 12.8 Å². The summed E-state index contributed by atoms with van der Waals surface area (Å²) in [6.45, 7) is 0.293. The summed E-state index contributed by atoms with van der Waals surface area (Å²) in [5.41, 5.74) is 1.94. The second-order valence-corrected chi connectivity index (χ2v) is 6.39. The number of nitrogens with one attached hydrogen (secondary N) is 1. The zero-order chi connectivity index (χ0) is 18.5. The van der Waals surface area contributed by atoms with Crippen LogP contribution in [-0.4, -0.2) is 28.3 Å². The number of nitrogens with zero attached hydrogens (tertiary/aromatic N) is 2. The zero-order valence-electron chi connectivity index (χ0n) is 14.1. The Labute approximate surface area is 154 Å². The van der Waals surface area contributed by atoms with Crippen molar-refractivity contribution in [1.82, 2.24) is 14.9 Å². The van der Waals surface area contributed by atoms with Crippen LogP contribution in [0.3, 0.4) is 0 Å². The van der Waals surface area contributed by atoms with Gasteiger partial charge in [-0.05, 0) is 54.6 Å². The maximum absolute atomic E-state index is 13.2. The van der Waals surface area contributed by atoms with Gasteiger partial charge in [0.25, 0.3) is 5.91 Å². The molecule has 0 saturated heterocycles. The summed E-state index contributed by atoms with van der Waals surface area (Å²) in [5.74, 6) is -1.47. The highest BCUT2D eigenvalue weighted by molar-refractivity contribution is 7.98. The lowest BCUT2D eigenvalue weighted by Crippen LogP contribution is -2.25. The highest BCUT2D eigenvalue weighted by Gasteiger charge is 2.08. The molecule has 1 aromatic heterocycles. The van der Waals surface area contributed by atoms with E-state index in [1.807, 2.05) is 29.2 Å². The topological polar surface area (TPSA) is 46.9 Å². The molecule has 134 valence electrons. The first-order valence-corrected chi connectivity index (χ1v) is 9.20. The molecule has 3 aromatic rings. The van der Waals surface area contributed by atoms with Gasteiger partial charge in [0.05, 0.1) is 0 Å². The monoisotopic (exact) mass is 373 g/mol. The summed E-state index contributed by atoms with van der Waals surface area (Å²) in [7, 11) is 0. The summed E-state index contributed by atoms with van der Waals surface area (Å²) in [4.78, 5) is 16.5. The first kappa shape index (κ1) is 18.1. The Morgan fingerprint density at radius 1 is 1.15 bits per heavy atom. The van der Waals surface area contributed by atoms with Crippen LogP contribution in [-0.2, 0) is 6.42 Å². The van der Waals surface area contributed by atoms with Crippen molar-refractivity contribution in [3.05, 3.63) is 77.6 Å². The van der Waals surface area contributed by atoms with Crippen LogP contribution in [0.25, 0.3) is 5.69 Å². The Hall–Kier alpha value is -2.67. The minimum Gasteiger partial charge on any atom is -0.352 e. The number of carbonyl (C=O) groups excluding carboxylic acids is 1. The smallest absolute Gasteiger partial charge is 0.251 e. The van der Waals surface area contributed by atoms with E-state index in [1.165, 1.54) is 23.9 Å². The Balaban J connectivity index is 1.60. The van der Waals surface area contributed by atoms with Crippen LogP contribution in [0.1, 0.15) is 15.9 Å². The third kappa shape index (κ3) is 4.29. The zero-order valence-corrected chi connectivity index (χ0v) is 14.9. The lowest BCUT2D eigenvalue weighted by Gasteiger charge is -2.08. The van der Waals surface area contributed by atoms with Crippen LogP contribution in [0.4, 0.5) is 8.78 Å². The average molecular weight is 373 g/mol. The third-order valence-corrected chi connectivity index (χ3v) is 4.49. The largest absolute Gasteiger partial charge is 0.352 e. The summed E-state index contributed by atoms with van der Waals surface area (Å²) in [5, 5.41) is 3.62. The first-order chi connectivity index (χ1) is 12.6. The van der Waals surface area contributed by atoms with Gasteiger partial charge in [-0.2, -0.15) is 0 Å². The van der Waals surface area contributed by atoms with E-state index >= 15 is 0 Å². The van der Waals surface area contributed by atoms with Crippen LogP contribution in [0, 0.1) is 11.6 Å². The Morgan fingerprint density at radius 2 is 1.85 bits per heavy atom. The maximum atomic E-state index is 13.2. The number of benzene rings is 2. The van der Waals surface area contributed by atoms with E-state index in [4.69, 9.17) is 0 Å². The van der Waals surface area contributed by atoms with Crippen molar-refractivity contribution < 1.29 is 13.6 Å². The van der Waals surface area contributed by atoms with Crippen molar-refractivity contribution in [2.45, 2.75) is 11.6 Å². The lowest BCUT2D eigenvalue weighted by atomic mass is 10.1. The average Bonchev–Trinajstić information content (AvgIpc) is 3.09. The van der Waals surface area contributed by atoms with E-state index in [9.17, 15) is 13.6 Å². The number of aromatic nitrogens is 2. The van der Waals surface area contributed by atoms with Gasteiger partial charge in [-0.15, -0.1) is 0 Å². The van der Waals surface area contributed by atoms with Crippen molar-refractivity contribution in [3.63, 3.8) is 0 Å². The van der Waals surface area contributed by atoms with E-state index in [-0.39, 0.29) is 5.91 Å². The lowest BCUT2D eigenvalue weighted by molar-refractivity contribution is 0.0954. The molecule has 26 heavy (non-hydrogen) atoms. The fraction of sp³-hybridized carbons (Fsp3) is 0.158. The van der Waals surface area contributed by atoms with Gasteiger partial charge >= 0.3 is 0 Å². The van der Waals surface area contributed by atoms with Gasteiger partial charge in [0.15, 0.2) is 5.16 Å². The van der Waals surface area contributed by atoms with E-state index in [0.717, 1.165) is 16.9 Å². The number of rotatable bonds is 6. The number of carbonyl (C=O) groups is 1. The quantitative estimate of drug-likeness (QED) is 0.668. The third-order valence-electron chi connectivity index (χ3n) is 3.82. The molecule has 1 N–H and O–H groups in total. The van der Waals surface area contributed by atoms with Crippen molar-refractivity contribution in [1.29, 1.82) is 0 Å². The van der Waals surface area contributed by atoms with E-state index in [2.05, 4.69) is 10.3 Å². The fourth-order valence-electron chi connectivity index (χ4n) is 2.59. The molecule has 0 aliphatic carbocycles. The molecule has 0 unspecified atom stereocenters. The van der Waals surface area contributed by atoms with Gasteiger partial charge in [-0.1, -0.05) is 11.8 Å². The Morgan fingerprint density at radius 3 is 2.50 bits per heavy atom. The molecule has 1 heterocycles. The molecule has 0 radical (unpaired) electrons. The molecule has 7 heteroatoms. The van der Waals surface area contributed by atoms with Gasteiger partial charge in [0.1, 0.15) is 11.6 Å². The fourth-order valence-corrected chi connectivity index (χ4v) is 3.12. The van der Waals surface area contributed by atoms with E-state index < -0.39 is 11.6 Å². The molecule has 0 aliphatic heterocycles. The second kappa shape index (κ2) is 8.14. The summed E-state index contributed by atoms with van der Waals surface area (Å²) in [6, 6.07) is 10.5. The number of imidazole rings is 1. The van der Waals surface area contributed by atoms with Crippen molar-refractivity contribution in [3.8, 4) is 5.69 Å². The molecule has 1 amide bonds. The minimum absolute atomic E-state index is 0.232. The van der Waals surface area contributed by atoms with Gasteiger partial charge in [-0.3, -0.25) is 9.36 Å². The summed E-state index contributed by atoms with van der Waals surface area (Å²) in [6.07, 6.45) is 5.89. The predicted molar refractivity (Wildman–Crippen MR) is 97.7 cm³/mol. The van der Waals surface area contributed by atoms with Crippen LogP contribution in [0.15, 0.2) is 60.0 Å². The molecule has 0 aliphatic rings. The number of amides is 1. The molecule has 4 nitrogen and oxygen atoms in total. The molecule has 0 atom stereocenters. The molecular weight excluding hydrogens is 356 g/mol. The summed E-state index contributed by atoms with van der Waals surface area (Å²) >= 11 is 1.54. The van der Waals surface area contributed by atoms with Gasteiger partial charge in [0.2, 0.25) is 0 Å². The molecule has 0 bridgehead atoms. The molecule has 0 spiro atoms. The molecule has 0 fully saturated rings. The van der Waals surface area contributed by atoms with Crippen LogP contribution < -0.4 is 5.32 Å². The van der Waals surface area contributed by atoms with Crippen molar-refractivity contribution >= 4 is 17.7 Å². The molecular formula is C19H17F2N3OS. The SMILES string of the molecule is CSc1nccn1-c1ccc(C(=O)NCCc2cc(F)cc(F)c2)cc1. The normalized spacial score (nSPS) is 10.7. The predicted octanol–water partition coefficient (Wildman–Crippen LogP) is 3.84. The van der Waals surface area contributed by atoms with Gasteiger partial charge in [-0.25, -0.2) is 13.8 Å². The standard InChI is InChI=1S/C19H17F2N3OS/c1-26-19-23-8-9-24(19)17-4-2-14(3-5-17)18(25)22-7-6-13-10-15(20)12-16(21)11-13/h2-5,8-12H,6-7H2,1H3,(H,22,25). The number of thioether (sulfide) groups is 1. The highest BCUT2D eigenvalue weighted by atomic mass is 32.2. The molecule has 0 saturated carbocycles. The Kier molecular flexibility index (Phi) is 5.68. The second-order valence-electron chi connectivity index (χ2n) is 5.61. The molecule has 3 rings (SSSR count). The van der Waals surface area contributed by atoms with Crippen LogP contribution >= 0.6 is 11.8 Å². The number of hydrogen-bond acceptors (Lipinski definition) is 3. The molecule has 2 aromatic carbocycles. The maximum Gasteiger partial charge on any atom is 0.251 e. The summed E-state index contributed by atoms with van der Waals surface area (Å²) < 4.78 is 28.2. The van der Waals surface area contributed by atoms with Crippen molar-refractivity contribution in [2.24, 2.45) is 0 Å². The first-order valence-electron chi connectivity index (χ1n) is 7.98. The van der Waals surface area contributed by atoms with Crippen LogP contribution in [0.5, 0.6) is 0 Å². The van der Waals surface area contributed by atoms with E-state index in [1.54, 1.807) is 18.3 Å². The van der Waals surface area contributed by atoms with Gasteiger partial charge < -0.3 is 5.32 Å². The highest BCUT2D eigenvalue weighted by Crippen LogP contribution is 2.18. The number of hydrogen-bond donors (Lipinski definition) is 1. The minimum atomic E-state index is -0.619. The van der Waals surface area contributed by atoms with Gasteiger partial charge in [0, 0.05) is 36.3 Å². The number of halogens is 2. The van der Waals surface area contributed by atoms with E-state index in [0.29, 0.717) is 24.1 Å². The van der Waals surface area contributed by atoms with Crippen LogP contribution in [0.2, 0.25) is 0 Å². The Bertz CT molecular complexity index is 889.